The van der Waals surface area contributed by atoms with Gasteiger partial charge in [-0.2, -0.15) is 0 Å². The standard InChI is InChI=1S/C15H26O4/c1-6-7-8-9-12(14(16)18-4)13(10-11(2)3)15(17)19-5/h11H,6-10H2,1-5H3/b13-12-. The van der Waals surface area contributed by atoms with E-state index in [9.17, 15) is 9.59 Å². The summed E-state index contributed by atoms with van der Waals surface area (Å²) in [5, 5.41) is 0. The van der Waals surface area contributed by atoms with Crippen molar-refractivity contribution in [2.75, 3.05) is 14.2 Å². The molecular weight excluding hydrogens is 244 g/mol. The van der Waals surface area contributed by atoms with Gasteiger partial charge in [-0.3, -0.25) is 0 Å². The molecule has 0 bridgehead atoms. The first-order valence-electron chi connectivity index (χ1n) is 6.86. The minimum Gasteiger partial charge on any atom is -0.466 e. The van der Waals surface area contributed by atoms with Crippen LogP contribution in [0.2, 0.25) is 0 Å². The summed E-state index contributed by atoms with van der Waals surface area (Å²) >= 11 is 0. The topological polar surface area (TPSA) is 52.6 Å². The van der Waals surface area contributed by atoms with Gasteiger partial charge in [-0.25, -0.2) is 9.59 Å². The van der Waals surface area contributed by atoms with Crippen molar-refractivity contribution in [2.24, 2.45) is 5.92 Å². The summed E-state index contributed by atoms with van der Waals surface area (Å²) in [6.45, 7) is 6.10. The molecule has 0 aliphatic carbocycles. The summed E-state index contributed by atoms with van der Waals surface area (Å²) in [5.41, 5.74) is 0.928. The number of methoxy groups -OCH3 is 2. The highest BCUT2D eigenvalue weighted by atomic mass is 16.5. The second-order valence-electron chi connectivity index (χ2n) is 5.00. The van der Waals surface area contributed by atoms with Crippen LogP contribution >= 0.6 is 0 Å². The fraction of sp³-hybridized carbons (Fsp3) is 0.733. The van der Waals surface area contributed by atoms with Gasteiger partial charge in [0.2, 0.25) is 0 Å². The van der Waals surface area contributed by atoms with Gasteiger partial charge in [-0.15, -0.1) is 0 Å². The van der Waals surface area contributed by atoms with Crippen LogP contribution in [0, 0.1) is 5.92 Å². The van der Waals surface area contributed by atoms with Crippen molar-refractivity contribution >= 4 is 11.9 Å². The van der Waals surface area contributed by atoms with Crippen LogP contribution in [0.1, 0.15) is 52.9 Å². The van der Waals surface area contributed by atoms with Gasteiger partial charge in [0.05, 0.1) is 14.2 Å². The van der Waals surface area contributed by atoms with Crippen molar-refractivity contribution in [2.45, 2.75) is 52.9 Å². The number of rotatable bonds is 8. The van der Waals surface area contributed by atoms with E-state index in [1.807, 2.05) is 13.8 Å². The molecule has 4 heteroatoms. The summed E-state index contributed by atoms with van der Waals surface area (Å²) in [4.78, 5) is 23.7. The van der Waals surface area contributed by atoms with Gasteiger partial charge in [0, 0.05) is 11.1 Å². The number of carbonyl (C=O) groups excluding carboxylic acids is 2. The molecule has 0 aliphatic heterocycles. The molecule has 110 valence electrons. The Bertz CT molecular complexity index is 329. The minimum atomic E-state index is -0.425. The molecule has 0 aromatic heterocycles. The highest BCUT2D eigenvalue weighted by Crippen LogP contribution is 2.22. The number of hydrogen-bond acceptors (Lipinski definition) is 4. The molecule has 0 aromatic rings. The number of unbranched alkanes of at least 4 members (excludes halogenated alkanes) is 2. The summed E-state index contributed by atoms with van der Waals surface area (Å²) < 4.78 is 9.59. The van der Waals surface area contributed by atoms with Crippen molar-refractivity contribution in [1.29, 1.82) is 0 Å². The first-order chi connectivity index (χ1) is 8.97. The average molecular weight is 270 g/mol. The van der Waals surface area contributed by atoms with Gasteiger partial charge < -0.3 is 9.47 Å². The van der Waals surface area contributed by atoms with Gasteiger partial charge in [0.15, 0.2) is 0 Å². The Labute approximate surface area is 116 Å². The lowest BCUT2D eigenvalue weighted by Crippen LogP contribution is -2.16. The normalized spacial score (nSPS) is 12.1. The van der Waals surface area contributed by atoms with E-state index in [0.717, 1.165) is 19.3 Å². The van der Waals surface area contributed by atoms with Crippen LogP contribution in [0.5, 0.6) is 0 Å². The molecule has 0 fully saturated rings. The van der Waals surface area contributed by atoms with Crippen molar-refractivity contribution in [3.05, 3.63) is 11.1 Å². The molecule has 4 nitrogen and oxygen atoms in total. The quantitative estimate of drug-likeness (QED) is 0.386. The molecule has 0 radical (unpaired) electrons. The highest BCUT2D eigenvalue weighted by Gasteiger charge is 2.22. The molecule has 19 heavy (non-hydrogen) atoms. The first-order valence-corrected chi connectivity index (χ1v) is 6.86. The maximum absolute atomic E-state index is 11.9. The van der Waals surface area contributed by atoms with E-state index in [4.69, 9.17) is 9.47 Å². The molecular formula is C15H26O4. The molecule has 0 saturated carbocycles. The van der Waals surface area contributed by atoms with E-state index in [1.54, 1.807) is 0 Å². The van der Waals surface area contributed by atoms with Gasteiger partial charge in [-0.1, -0.05) is 33.6 Å². The molecule has 0 aromatic carbocycles. The highest BCUT2D eigenvalue weighted by molar-refractivity contribution is 6.00. The summed E-state index contributed by atoms with van der Waals surface area (Å²) in [5.74, 6) is -0.567. The number of esters is 2. The van der Waals surface area contributed by atoms with E-state index in [0.29, 0.717) is 24.0 Å². The third-order valence-corrected chi connectivity index (χ3v) is 2.87. The Morgan fingerprint density at radius 3 is 1.89 bits per heavy atom. The summed E-state index contributed by atoms with van der Waals surface area (Å²) in [6, 6.07) is 0. The Hall–Kier alpha value is -1.32. The predicted octanol–water partition coefficient (Wildman–Crippen LogP) is 3.26. The molecule has 0 amide bonds. The fourth-order valence-electron chi connectivity index (χ4n) is 1.91. The van der Waals surface area contributed by atoms with Crippen LogP contribution in [0.4, 0.5) is 0 Å². The van der Waals surface area contributed by atoms with Crippen LogP contribution in [-0.2, 0) is 19.1 Å². The van der Waals surface area contributed by atoms with Crippen LogP contribution in [0.25, 0.3) is 0 Å². The predicted molar refractivity (Wildman–Crippen MR) is 74.7 cm³/mol. The third kappa shape index (κ3) is 6.41. The molecule has 0 rings (SSSR count). The number of hydrogen-bond donors (Lipinski definition) is 0. The van der Waals surface area contributed by atoms with E-state index >= 15 is 0 Å². The van der Waals surface area contributed by atoms with E-state index < -0.39 is 11.9 Å². The lowest BCUT2D eigenvalue weighted by Gasteiger charge is -2.14. The number of carbonyl (C=O) groups is 2. The second kappa shape index (κ2) is 9.59. The largest absolute Gasteiger partial charge is 0.466 e. The molecule has 0 atom stereocenters. The Kier molecular flexibility index (Phi) is 8.92. The van der Waals surface area contributed by atoms with Gasteiger partial charge in [-0.05, 0) is 25.2 Å². The SMILES string of the molecule is CCCCC/C(C(=O)OC)=C(\CC(C)C)C(=O)OC. The molecule has 0 unspecified atom stereocenters. The maximum Gasteiger partial charge on any atom is 0.334 e. The van der Waals surface area contributed by atoms with Crippen LogP contribution in [0.15, 0.2) is 11.1 Å². The van der Waals surface area contributed by atoms with Gasteiger partial charge in [0.1, 0.15) is 0 Å². The van der Waals surface area contributed by atoms with Crippen LogP contribution < -0.4 is 0 Å². The fourth-order valence-corrected chi connectivity index (χ4v) is 1.91. The van der Waals surface area contributed by atoms with E-state index in [1.165, 1.54) is 14.2 Å². The maximum atomic E-state index is 11.9. The zero-order chi connectivity index (χ0) is 14.8. The third-order valence-electron chi connectivity index (χ3n) is 2.87. The zero-order valence-corrected chi connectivity index (χ0v) is 12.7. The average Bonchev–Trinajstić information content (AvgIpc) is 2.39. The Morgan fingerprint density at radius 1 is 0.947 bits per heavy atom. The molecule has 0 spiro atoms. The Balaban J connectivity index is 5.28. The van der Waals surface area contributed by atoms with Crippen molar-refractivity contribution < 1.29 is 19.1 Å². The smallest absolute Gasteiger partial charge is 0.334 e. The van der Waals surface area contributed by atoms with Crippen molar-refractivity contribution in [3.63, 3.8) is 0 Å². The summed E-state index contributed by atoms with van der Waals surface area (Å²) in [7, 11) is 2.68. The van der Waals surface area contributed by atoms with Crippen LogP contribution in [0.3, 0.4) is 0 Å². The molecule has 0 aliphatic rings. The number of ether oxygens (including phenoxy) is 2. The lowest BCUT2D eigenvalue weighted by molar-refractivity contribution is -0.139. The minimum absolute atomic E-state index is 0.278. The first kappa shape index (κ1) is 17.7. The van der Waals surface area contributed by atoms with Crippen molar-refractivity contribution in [1.82, 2.24) is 0 Å². The molecule has 0 heterocycles. The molecule has 0 saturated heterocycles. The van der Waals surface area contributed by atoms with Gasteiger partial charge >= 0.3 is 11.9 Å². The summed E-state index contributed by atoms with van der Waals surface area (Å²) in [6.07, 6.45) is 4.06. The second-order valence-corrected chi connectivity index (χ2v) is 5.00. The molecule has 0 N–H and O–H groups in total. The monoisotopic (exact) mass is 270 g/mol. The lowest BCUT2D eigenvalue weighted by atomic mass is 9.94. The van der Waals surface area contributed by atoms with Crippen molar-refractivity contribution in [3.8, 4) is 0 Å². The van der Waals surface area contributed by atoms with Gasteiger partial charge in [0.25, 0.3) is 0 Å². The zero-order valence-electron chi connectivity index (χ0n) is 12.7. The van der Waals surface area contributed by atoms with Crippen LogP contribution in [-0.4, -0.2) is 26.2 Å². The van der Waals surface area contributed by atoms with E-state index in [-0.39, 0.29) is 5.92 Å². The van der Waals surface area contributed by atoms with E-state index in [2.05, 4.69) is 6.92 Å². The Morgan fingerprint density at radius 2 is 1.47 bits per heavy atom.